The van der Waals surface area contributed by atoms with Crippen molar-refractivity contribution in [1.29, 1.82) is 0 Å². The highest BCUT2D eigenvalue weighted by molar-refractivity contribution is 7.95. The van der Waals surface area contributed by atoms with Gasteiger partial charge in [0, 0.05) is 47.4 Å². The second-order valence-electron chi connectivity index (χ2n) is 25.8. The van der Waals surface area contributed by atoms with Crippen molar-refractivity contribution in [3.63, 3.8) is 0 Å². The summed E-state index contributed by atoms with van der Waals surface area (Å²) in [7, 11) is -8.72. The molecule has 4 aromatic rings. The van der Waals surface area contributed by atoms with Gasteiger partial charge in [-0.1, -0.05) is 96.5 Å². The fourth-order valence-electron chi connectivity index (χ4n) is 11.4. The molecule has 450 valence electrons. The van der Waals surface area contributed by atoms with Gasteiger partial charge in [-0.15, -0.1) is 0 Å². The molecular formula is C68H96O12P2. The van der Waals surface area contributed by atoms with E-state index in [4.69, 9.17) is 18.9 Å². The molecule has 0 atom stereocenters. The number of esters is 2. The average molecular weight is 1170 g/mol. The molecule has 0 unspecified atom stereocenters. The van der Waals surface area contributed by atoms with E-state index in [2.05, 4.69) is 0 Å². The Balaban J connectivity index is 1.22. The van der Waals surface area contributed by atoms with Gasteiger partial charge in [0.15, 0.2) is 0 Å². The number of carbonyl (C=O) groups is 6. The van der Waals surface area contributed by atoms with Crippen LogP contribution in [0.2, 0.25) is 0 Å². The van der Waals surface area contributed by atoms with Gasteiger partial charge < -0.3 is 28.1 Å². The monoisotopic (exact) mass is 1170 g/mol. The predicted molar refractivity (Wildman–Crippen MR) is 331 cm³/mol. The lowest BCUT2D eigenvalue weighted by atomic mass is 9.96. The molecule has 0 amide bonds. The zero-order valence-corrected chi connectivity index (χ0v) is 55.1. The lowest BCUT2D eigenvalue weighted by Gasteiger charge is -2.30. The van der Waals surface area contributed by atoms with Gasteiger partial charge in [-0.05, 0) is 196 Å². The third kappa shape index (κ3) is 18.7. The van der Waals surface area contributed by atoms with Gasteiger partial charge in [0.2, 0.25) is 36.4 Å². The number of ether oxygens (including phenoxy) is 4. The average Bonchev–Trinajstić information content (AvgIpc) is 3.31. The van der Waals surface area contributed by atoms with E-state index >= 15 is 9.13 Å². The van der Waals surface area contributed by atoms with Gasteiger partial charge >= 0.3 is 11.9 Å². The van der Waals surface area contributed by atoms with Crippen molar-refractivity contribution >= 4 is 48.3 Å². The first-order valence-electron chi connectivity index (χ1n) is 29.2. The van der Waals surface area contributed by atoms with E-state index < -0.39 is 83.0 Å². The van der Waals surface area contributed by atoms with Crippen molar-refractivity contribution in [2.75, 3.05) is 25.5 Å². The topological polar surface area (TPSA) is 173 Å². The third-order valence-electron chi connectivity index (χ3n) is 15.6. The van der Waals surface area contributed by atoms with Crippen molar-refractivity contribution < 1.29 is 56.8 Å². The van der Waals surface area contributed by atoms with Crippen LogP contribution in [-0.2, 0) is 37.7 Å². The first kappa shape index (κ1) is 69.4. The molecule has 82 heavy (non-hydrogen) atoms. The van der Waals surface area contributed by atoms with Crippen LogP contribution in [-0.4, -0.2) is 82.0 Å². The van der Waals surface area contributed by atoms with Crippen LogP contribution in [0.25, 0.3) is 0 Å². The molecule has 0 aliphatic carbocycles. The highest BCUT2D eigenvalue weighted by atomic mass is 31.2. The fourth-order valence-corrected chi connectivity index (χ4v) is 16.5. The zero-order chi connectivity index (χ0) is 62.1. The maximum Gasteiger partial charge on any atom is 0.306 e. The molecule has 0 aliphatic heterocycles. The Hall–Kier alpha value is -5.12. The van der Waals surface area contributed by atoms with Gasteiger partial charge in [-0.2, -0.15) is 0 Å². The predicted octanol–water partition coefficient (Wildman–Crippen LogP) is 16.9. The van der Waals surface area contributed by atoms with Gasteiger partial charge in [0.25, 0.3) is 0 Å². The molecule has 0 N–H and O–H groups in total. The number of rotatable bonds is 31. The minimum absolute atomic E-state index is 0.256. The van der Waals surface area contributed by atoms with E-state index in [1.807, 2.05) is 104 Å². The quantitative estimate of drug-likeness (QED) is 0.0265. The van der Waals surface area contributed by atoms with E-state index in [1.165, 1.54) is 0 Å². The Morgan fingerprint density at radius 1 is 0.341 bits per heavy atom. The van der Waals surface area contributed by atoms with E-state index in [0.717, 1.165) is 60.8 Å². The maximum absolute atomic E-state index is 15.0. The Labute approximate surface area is 491 Å². The van der Waals surface area contributed by atoms with Crippen LogP contribution < -0.4 is 0 Å². The molecule has 0 radical (unpaired) electrons. The summed E-state index contributed by atoms with van der Waals surface area (Å²) >= 11 is 0. The van der Waals surface area contributed by atoms with Gasteiger partial charge in [-0.3, -0.25) is 28.8 Å². The first-order chi connectivity index (χ1) is 37.7. The van der Waals surface area contributed by atoms with Crippen LogP contribution >= 0.6 is 14.3 Å². The van der Waals surface area contributed by atoms with Crippen LogP contribution in [0.3, 0.4) is 0 Å². The van der Waals surface area contributed by atoms with Crippen molar-refractivity contribution in [2.45, 2.75) is 225 Å². The number of unbranched alkanes of at least 4 members (excludes halogenated alkanes) is 3. The summed E-state index contributed by atoms with van der Waals surface area (Å²) in [5, 5.41) is 0. The Morgan fingerprint density at radius 3 is 0.780 bits per heavy atom. The smallest absolute Gasteiger partial charge is 0.306 e. The number of benzene rings is 4. The van der Waals surface area contributed by atoms with Crippen LogP contribution in [0.15, 0.2) is 48.5 Å². The molecule has 0 spiro atoms. The van der Waals surface area contributed by atoms with E-state index in [-0.39, 0.29) is 35.1 Å². The zero-order valence-electron chi connectivity index (χ0n) is 53.3. The maximum atomic E-state index is 15.0. The second kappa shape index (κ2) is 28.2. The first-order valence-corrected chi connectivity index (χ1v) is 32.9. The van der Waals surface area contributed by atoms with Crippen LogP contribution in [0, 0.1) is 83.1 Å². The Bertz CT molecular complexity index is 2700. The minimum Gasteiger partial charge on any atom is -0.460 e. The molecule has 0 bridgehead atoms. The molecular weight excluding hydrogens is 1070 g/mol. The minimum atomic E-state index is -4.36. The molecule has 0 aliphatic rings. The summed E-state index contributed by atoms with van der Waals surface area (Å²) in [6.07, 6.45) is 4.69. The summed E-state index contributed by atoms with van der Waals surface area (Å²) in [5.41, 5.74) is 4.17. The third-order valence-corrected chi connectivity index (χ3v) is 20.8. The van der Waals surface area contributed by atoms with Crippen molar-refractivity contribution in [3.8, 4) is 0 Å². The van der Waals surface area contributed by atoms with Gasteiger partial charge in [-0.25, -0.2) is 0 Å². The Morgan fingerprint density at radius 2 is 0.561 bits per heavy atom. The number of carbonyl (C=O) groups excluding carboxylic acids is 6. The fraction of sp³-hybridized carbons (Fsp3) is 0.559. The van der Waals surface area contributed by atoms with Gasteiger partial charge in [0.1, 0.15) is 11.2 Å². The normalized spacial score (nSPS) is 12.6. The van der Waals surface area contributed by atoms with E-state index in [1.54, 1.807) is 83.1 Å². The summed E-state index contributed by atoms with van der Waals surface area (Å²) in [4.78, 5) is 84.4. The summed E-state index contributed by atoms with van der Waals surface area (Å²) < 4.78 is 54.5. The molecule has 4 aromatic carbocycles. The van der Waals surface area contributed by atoms with Crippen molar-refractivity contribution in [3.05, 3.63) is 138 Å². The van der Waals surface area contributed by atoms with Gasteiger partial charge in [0.05, 0.1) is 37.3 Å². The number of hydrogen-bond donors (Lipinski definition) is 0. The van der Waals surface area contributed by atoms with E-state index in [0.29, 0.717) is 70.6 Å². The largest absolute Gasteiger partial charge is 0.460 e. The Kier molecular flexibility index (Phi) is 23.8. The molecule has 12 nitrogen and oxygen atoms in total. The lowest BCUT2D eigenvalue weighted by Crippen LogP contribution is -2.33. The summed E-state index contributed by atoms with van der Waals surface area (Å²) in [6.45, 7) is 37.8. The van der Waals surface area contributed by atoms with Crippen molar-refractivity contribution in [2.24, 2.45) is 0 Å². The molecule has 0 heterocycles. The summed E-state index contributed by atoms with van der Waals surface area (Å²) in [6, 6.07) is 14.7. The molecule has 4 rings (SSSR count). The number of aryl methyl sites for hydroxylation is 12. The van der Waals surface area contributed by atoms with E-state index in [9.17, 15) is 28.8 Å². The summed E-state index contributed by atoms with van der Waals surface area (Å²) in [5.74, 6) is -1.29. The lowest BCUT2D eigenvalue weighted by molar-refractivity contribution is -0.160. The highest BCUT2D eigenvalue weighted by Crippen LogP contribution is 2.56. The standard InChI is InChI=1S/C68H96O12P2/c1-43-35-47(5)57(48(6)36-43)61(71)81(75,62(72)58-49(7)37-44(2)38-50(58)8)33-25-55(69)79-67(17,18)29-31-77-65(13,14)27-23-21-22-24-28-66(15,16)78-32-30-68(19,20)80-56(70)26-34-82(76,63(73)59-51(9)39-45(3)40-52(59)10)64(74)60-53(11)41-46(4)42-54(60)12/h35-42H,21-34H2,1-20H3. The highest BCUT2D eigenvalue weighted by Gasteiger charge is 2.45. The van der Waals surface area contributed by atoms with Crippen molar-refractivity contribution in [1.82, 2.24) is 0 Å². The van der Waals surface area contributed by atoms with Crippen LogP contribution in [0.4, 0.5) is 0 Å². The molecule has 0 saturated carbocycles. The van der Waals surface area contributed by atoms with Crippen LogP contribution in [0.5, 0.6) is 0 Å². The second-order valence-corrected chi connectivity index (χ2v) is 31.3. The molecule has 0 saturated heterocycles. The molecule has 0 aromatic heterocycles. The van der Waals surface area contributed by atoms with Crippen LogP contribution in [0.1, 0.15) is 228 Å². The SMILES string of the molecule is Cc1cc(C)c(C(=O)P(=O)(CCC(=O)OC(C)(C)CCOC(C)(C)CCCCCCC(C)(C)OCCC(C)(C)OC(=O)CCP(=O)(C(=O)c2c(C)cc(C)cc2C)C(=O)c2c(C)cc(C)cc2C)C(=O)c2c(C)cc(C)cc2C)c(C)c1. The molecule has 0 fully saturated rings. The molecule has 14 heteroatoms. The number of hydrogen-bond acceptors (Lipinski definition) is 12.